The van der Waals surface area contributed by atoms with E-state index in [1.54, 1.807) is 0 Å². The van der Waals surface area contributed by atoms with Gasteiger partial charge in [0.15, 0.2) is 0 Å². The minimum Gasteiger partial charge on any atom is -0.379 e. The van der Waals surface area contributed by atoms with Crippen molar-refractivity contribution >= 4 is 0 Å². The van der Waals surface area contributed by atoms with Crippen LogP contribution < -0.4 is 5.32 Å². The summed E-state index contributed by atoms with van der Waals surface area (Å²) in [7, 11) is 1.86. The highest BCUT2D eigenvalue weighted by Crippen LogP contribution is 2.27. The summed E-state index contributed by atoms with van der Waals surface area (Å²) in [5.74, 6) is 0. The van der Waals surface area contributed by atoms with Gasteiger partial charge in [0.05, 0.1) is 6.10 Å². The van der Waals surface area contributed by atoms with Crippen molar-refractivity contribution in [3.63, 3.8) is 0 Å². The van der Waals surface area contributed by atoms with E-state index in [0.717, 1.165) is 6.54 Å². The molecule has 0 heterocycles. The van der Waals surface area contributed by atoms with Gasteiger partial charge in [-0.25, -0.2) is 0 Å². The Balaban J connectivity index is 4.19. The molecule has 0 rings (SSSR count). The van der Waals surface area contributed by atoms with Gasteiger partial charge in [-0.2, -0.15) is 0 Å². The van der Waals surface area contributed by atoms with E-state index in [-0.39, 0.29) is 5.41 Å². The average molecular weight is 286 g/mol. The molecule has 0 aliphatic rings. The Bertz CT molecular complexity index is 210. The van der Waals surface area contributed by atoms with Crippen molar-refractivity contribution in [3.8, 4) is 0 Å². The van der Waals surface area contributed by atoms with Gasteiger partial charge in [-0.3, -0.25) is 0 Å². The average Bonchev–Trinajstić information content (AvgIpc) is 2.38. The van der Waals surface area contributed by atoms with Gasteiger partial charge in [0.1, 0.15) is 0 Å². The van der Waals surface area contributed by atoms with Crippen molar-refractivity contribution in [2.45, 2.75) is 98.1 Å². The highest BCUT2D eigenvalue weighted by molar-refractivity contribution is 4.86. The van der Waals surface area contributed by atoms with E-state index in [4.69, 9.17) is 4.74 Å². The zero-order chi connectivity index (χ0) is 15.4. The molecule has 1 N–H and O–H groups in total. The Morgan fingerprint density at radius 2 is 1.50 bits per heavy atom. The lowest BCUT2D eigenvalue weighted by atomic mass is 9.82. The number of rotatable bonds is 12. The predicted molar refractivity (Wildman–Crippen MR) is 90.3 cm³/mol. The van der Waals surface area contributed by atoms with Crippen molar-refractivity contribution in [1.29, 1.82) is 0 Å². The van der Waals surface area contributed by atoms with Crippen LogP contribution in [0.3, 0.4) is 0 Å². The fourth-order valence-corrected chi connectivity index (χ4v) is 2.96. The summed E-state index contributed by atoms with van der Waals surface area (Å²) in [6, 6.07) is 0.492. The Morgan fingerprint density at radius 1 is 0.900 bits per heavy atom. The zero-order valence-corrected chi connectivity index (χ0v) is 14.9. The minimum atomic E-state index is 0.197. The van der Waals surface area contributed by atoms with E-state index in [1.807, 2.05) is 7.11 Å². The van der Waals surface area contributed by atoms with Crippen LogP contribution in [0.4, 0.5) is 0 Å². The van der Waals surface area contributed by atoms with E-state index in [0.29, 0.717) is 12.1 Å². The van der Waals surface area contributed by atoms with Gasteiger partial charge in [-0.05, 0) is 24.8 Å². The van der Waals surface area contributed by atoms with Crippen molar-refractivity contribution < 1.29 is 4.74 Å². The third-order valence-corrected chi connectivity index (χ3v) is 4.00. The van der Waals surface area contributed by atoms with Crippen molar-refractivity contribution in [3.05, 3.63) is 0 Å². The first-order valence-corrected chi connectivity index (χ1v) is 8.73. The van der Waals surface area contributed by atoms with E-state index in [2.05, 4.69) is 39.9 Å². The number of unbranched alkanes of at least 4 members (excludes halogenated alkanes) is 5. The SMILES string of the molecule is CCCCCCCCC(NCCC)C(OC)C(C)(C)C. The van der Waals surface area contributed by atoms with Gasteiger partial charge >= 0.3 is 0 Å². The first-order chi connectivity index (χ1) is 9.47. The van der Waals surface area contributed by atoms with Gasteiger partial charge in [0, 0.05) is 13.2 Å². The van der Waals surface area contributed by atoms with Crippen LogP contribution in [0.5, 0.6) is 0 Å². The maximum absolute atomic E-state index is 5.81. The maximum atomic E-state index is 5.81. The molecule has 0 aliphatic carbocycles. The summed E-state index contributed by atoms with van der Waals surface area (Å²) in [4.78, 5) is 0. The summed E-state index contributed by atoms with van der Waals surface area (Å²) >= 11 is 0. The maximum Gasteiger partial charge on any atom is 0.0772 e. The van der Waals surface area contributed by atoms with Gasteiger partial charge in [0.2, 0.25) is 0 Å². The van der Waals surface area contributed by atoms with Crippen LogP contribution in [0, 0.1) is 5.41 Å². The summed E-state index contributed by atoms with van der Waals surface area (Å²) in [6.07, 6.45) is 10.9. The van der Waals surface area contributed by atoms with Crippen molar-refractivity contribution in [1.82, 2.24) is 5.32 Å². The molecule has 0 aromatic heterocycles. The molecular weight excluding hydrogens is 246 g/mol. The normalized spacial score (nSPS) is 15.3. The van der Waals surface area contributed by atoms with E-state index < -0.39 is 0 Å². The first kappa shape index (κ1) is 19.9. The molecule has 0 aromatic carbocycles. The van der Waals surface area contributed by atoms with E-state index in [9.17, 15) is 0 Å². The molecule has 2 atom stereocenters. The molecule has 0 aromatic rings. The Labute approximate surface area is 128 Å². The van der Waals surface area contributed by atoms with Crippen LogP contribution >= 0.6 is 0 Å². The lowest BCUT2D eigenvalue weighted by Crippen LogP contribution is -2.48. The number of ether oxygens (including phenoxy) is 1. The molecule has 0 aliphatic heterocycles. The van der Waals surface area contributed by atoms with Gasteiger partial charge in [0.25, 0.3) is 0 Å². The van der Waals surface area contributed by atoms with Crippen molar-refractivity contribution in [2.75, 3.05) is 13.7 Å². The molecule has 0 saturated carbocycles. The summed E-state index contributed by atoms with van der Waals surface area (Å²) in [5, 5.41) is 3.70. The minimum absolute atomic E-state index is 0.197. The number of nitrogens with one attached hydrogen (secondary N) is 1. The summed E-state index contributed by atoms with van der Waals surface area (Å²) in [6.45, 7) is 12.4. The number of hydrogen-bond acceptors (Lipinski definition) is 2. The second-order valence-electron chi connectivity index (χ2n) is 7.14. The smallest absolute Gasteiger partial charge is 0.0772 e. The van der Waals surface area contributed by atoms with E-state index >= 15 is 0 Å². The fraction of sp³-hybridized carbons (Fsp3) is 1.00. The van der Waals surface area contributed by atoms with Crippen LogP contribution in [0.15, 0.2) is 0 Å². The molecule has 0 spiro atoms. The topological polar surface area (TPSA) is 21.3 Å². The zero-order valence-electron chi connectivity index (χ0n) is 14.9. The monoisotopic (exact) mass is 285 g/mol. The third-order valence-electron chi connectivity index (χ3n) is 4.00. The highest BCUT2D eigenvalue weighted by atomic mass is 16.5. The van der Waals surface area contributed by atoms with Crippen LogP contribution in [-0.2, 0) is 4.74 Å². The van der Waals surface area contributed by atoms with Crippen molar-refractivity contribution in [2.24, 2.45) is 5.41 Å². The summed E-state index contributed by atoms with van der Waals surface area (Å²) < 4.78 is 5.81. The third kappa shape index (κ3) is 8.97. The molecule has 20 heavy (non-hydrogen) atoms. The molecule has 2 heteroatoms. The second-order valence-corrected chi connectivity index (χ2v) is 7.14. The molecule has 122 valence electrons. The Hall–Kier alpha value is -0.0800. The molecule has 2 nitrogen and oxygen atoms in total. The predicted octanol–water partition coefficient (Wildman–Crippen LogP) is 5.17. The molecule has 0 saturated heterocycles. The number of hydrogen-bond donors (Lipinski definition) is 1. The van der Waals surface area contributed by atoms with Gasteiger partial charge < -0.3 is 10.1 Å². The first-order valence-electron chi connectivity index (χ1n) is 8.73. The lowest BCUT2D eigenvalue weighted by Gasteiger charge is -2.36. The van der Waals surface area contributed by atoms with E-state index in [1.165, 1.54) is 51.4 Å². The second kappa shape index (κ2) is 11.6. The lowest BCUT2D eigenvalue weighted by molar-refractivity contribution is -0.0136. The molecule has 0 radical (unpaired) electrons. The Kier molecular flexibility index (Phi) is 11.5. The Morgan fingerprint density at radius 3 is 2.00 bits per heavy atom. The van der Waals surface area contributed by atoms with Crippen LogP contribution in [0.1, 0.15) is 86.0 Å². The standard InChI is InChI=1S/C18H39NO/c1-7-9-10-11-12-13-14-16(19-15-8-2)17(20-6)18(3,4)5/h16-17,19H,7-15H2,1-6H3. The molecular formula is C18H39NO. The van der Waals surface area contributed by atoms with Gasteiger partial charge in [-0.15, -0.1) is 0 Å². The summed E-state index contributed by atoms with van der Waals surface area (Å²) in [5.41, 5.74) is 0.197. The molecule has 2 unspecified atom stereocenters. The highest BCUT2D eigenvalue weighted by Gasteiger charge is 2.31. The largest absolute Gasteiger partial charge is 0.379 e. The molecule has 0 amide bonds. The fourth-order valence-electron chi connectivity index (χ4n) is 2.96. The quantitative estimate of drug-likeness (QED) is 0.500. The van der Waals surface area contributed by atoms with Crippen LogP contribution in [0.2, 0.25) is 0 Å². The molecule has 0 fully saturated rings. The van der Waals surface area contributed by atoms with Crippen LogP contribution in [0.25, 0.3) is 0 Å². The van der Waals surface area contributed by atoms with Crippen LogP contribution in [-0.4, -0.2) is 25.8 Å². The molecule has 0 bridgehead atoms. The van der Waals surface area contributed by atoms with Gasteiger partial charge in [-0.1, -0.05) is 73.1 Å². The number of methoxy groups -OCH3 is 1.